The van der Waals surface area contributed by atoms with Gasteiger partial charge in [0.1, 0.15) is 4.90 Å². The van der Waals surface area contributed by atoms with Gasteiger partial charge in [0.25, 0.3) is 0 Å². The van der Waals surface area contributed by atoms with Crippen LogP contribution in [0.2, 0.25) is 0 Å². The average Bonchev–Trinajstić information content (AvgIpc) is 3.19. The van der Waals surface area contributed by atoms with E-state index >= 15 is 0 Å². The lowest BCUT2D eigenvalue weighted by Crippen LogP contribution is -2.48. The van der Waals surface area contributed by atoms with Gasteiger partial charge in [-0.05, 0) is 23.6 Å². The zero-order valence-electron chi connectivity index (χ0n) is 12.6. The second kappa shape index (κ2) is 6.08. The highest BCUT2D eigenvalue weighted by atomic mass is 32.2. The lowest BCUT2D eigenvalue weighted by atomic mass is 10.0. The Balaban J connectivity index is 1.42. The van der Waals surface area contributed by atoms with Crippen molar-refractivity contribution >= 4 is 21.4 Å². The number of pyridine rings is 1. The third kappa shape index (κ3) is 2.85. The molecule has 0 bridgehead atoms. The van der Waals surface area contributed by atoms with E-state index < -0.39 is 10.0 Å². The molecule has 4 rings (SSSR count). The molecule has 124 valence electrons. The second-order valence-corrected chi connectivity index (χ2v) is 8.48. The Morgan fingerprint density at radius 3 is 2.88 bits per heavy atom. The molecule has 3 aromatic rings. The van der Waals surface area contributed by atoms with Crippen LogP contribution in [0.3, 0.4) is 0 Å². The van der Waals surface area contributed by atoms with Gasteiger partial charge in [-0.25, -0.2) is 8.42 Å². The Morgan fingerprint density at radius 2 is 2.17 bits per heavy atom. The molecule has 9 heteroatoms. The van der Waals surface area contributed by atoms with Crippen molar-refractivity contribution in [2.75, 3.05) is 13.1 Å². The normalized spacial score (nSPS) is 16.2. The smallest absolute Gasteiger partial charge is 0.244 e. The van der Waals surface area contributed by atoms with Gasteiger partial charge in [0.2, 0.25) is 15.9 Å². The third-order valence-corrected chi connectivity index (χ3v) is 6.56. The van der Waals surface area contributed by atoms with E-state index in [1.54, 1.807) is 29.7 Å². The van der Waals surface area contributed by atoms with Crippen LogP contribution >= 0.6 is 11.3 Å². The maximum absolute atomic E-state index is 12.4. The summed E-state index contributed by atoms with van der Waals surface area (Å²) in [6.07, 6.45) is 3.53. The summed E-state index contributed by atoms with van der Waals surface area (Å²) >= 11 is 1.64. The van der Waals surface area contributed by atoms with Crippen molar-refractivity contribution in [3.05, 3.63) is 58.6 Å². The van der Waals surface area contributed by atoms with Gasteiger partial charge in [-0.15, -0.1) is 11.3 Å². The Hall–Kier alpha value is -2.10. The van der Waals surface area contributed by atoms with E-state index in [1.165, 1.54) is 10.5 Å². The molecule has 7 nitrogen and oxygen atoms in total. The van der Waals surface area contributed by atoms with Crippen LogP contribution in [0.5, 0.6) is 0 Å². The minimum Gasteiger partial charge on any atom is -0.339 e. The summed E-state index contributed by atoms with van der Waals surface area (Å²) < 4.78 is 31.6. The molecule has 1 saturated heterocycles. The van der Waals surface area contributed by atoms with Crippen LogP contribution in [-0.4, -0.2) is 40.9 Å². The van der Waals surface area contributed by atoms with Crippen LogP contribution in [0.15, 0.2) is 51.5 Å². The van der Waals surface area contributed by atoms with Gasteiger partial charge in [-0.2, -0.15) is 9.29 Å². The van der Waals surface area contributed by atoms with E-state index in [-0.39, 0.29) is 10.8 Å². The fourth-order valence-electron chi connectivity index (χ4n) is 2.51. The zero-order chi connectivity index (χ0) is 16.6. The second-order valence-electron chi connectivity index (χ2n) is 5.51. The monoisotopic (exact) mass is 362 g/mol. The van der Waals surface area contributed by atoms with Crippen molar-refractivity contribution in [3.63, 3.8) is 0 Å². The molecule has 1 fully saturated rings. The average molecular weight is 362 g/mol. The molecule has 4 heterocycles. The van der Waals surface area contributed by atoms with E-state index in [0.29, 0.717) is 31.2 Å². The zero-order valence-corrected chi connectivity index (χ0v) is 14.2. The van der Waals surface area contributed by atoms with Crippen molar-refractivity contribution in [3.8, 4) is 0 Å². The molecular weight excluding hydrogens is 348 g/mol. The highest BCUT2D eigenvalue weighted by Crippen LogP contribution is 2.31. The first-order valence-corrected chi connectivity index (χ1v) is 9.70. The molecule has 0 unspecified atom stereocenters. The van der Waals surface area contributed by atoms with Crippen LogP contribution in [0, 0.1) is 0 Å². The molecule has 0 spiro atoms. The number of nitrogens with zero attached hydrogens (tertiary/aromatic N) is 4. The number of hydrogen-bond acceptors (Lipinski definition) is 7. The van der Waals surface area contributed by atoms with Gasteiger partial charge in [0.15, 0.2) is 5.82 Å². The lowest BCUT2D eigenvalue weighted by Gasteiger charge is -2.35. The molecule has 0 aromatic carbocycles. The maximum Gasteiger partial charge on any atom is 0.244 e. The predicted octanol–water partition coefficient (Wildman–Crippen LogP) is 1.91. The van der Waals surface area contributed by atoms with Gasteiger partial charge in [0.05, 0.1) is 5.92 Å². The molecule has 3 aromatic heterocycles. The summed E-state index contributed by atoms with van der Waals surface area (Å²) in [5, 5.41) is 5.99. The van der Waals surface area contributed by atoms with Crippen molar-refractivity contribution in [2.24, 2.45) is 0 Å². The lowest BCUT2D eigenvalue weighted by molar-refractivity contribution is 0.216. The number of hydrogen-bond donors (Lipinski definition) is 0. The van der Waals surface area contributed by atoms with E-state index in [1.807, 2.05) is 17.5 Å². The molecule has 1 aliphatic heterocycles. The van der Waals surface area contributed by atoms with E-state index in [2.05, 4.69) is 15.1 Å². The van der Waals surface area contributed by atoms with Gasteiger partial charge in [0, 0.05) is 36.8 Å². The van der Waals surface area contributed by atoms with Crippen LogP contribution in [0.1, 0.15) is 22.5 Å². The van der Waals surface area contributed by atoms with Crippen molar-refractivity contribution in [1.29, 1.82) is 0 Å². The van der Waals surface area contributed by atoms with Gasteiger partial charge in [-0.1, -0.05) is 11.2 Å². The number of rotatable bonds is 5. The Morgan fingerprint density at radius 1 is 1.29 bits per heavy atom. The summed E-state index contributed by atoms with van der Waals surface area (Å²) in [4.78, 5) is 9.62. The van der Waals surface area contributed by atoms with Crippen LogP contribution in [0.25, 0.3) is 0 Å². The molecule has 0 amide bonds. The maximum atomic E-state index is 12.4. The highest BCUT2D eigenvalue weighted by molar-refractivity contribution is 7.89. The van der Waals surface area contributed by atoms with Crippen LogP contribution in [-0.2, 0) is 16.4 Å². The minimum atomic E-state index is -3.49. The van der Waals surface area contributed by atoms with Crippen molar-refractivity contribution in [1.82, 2.24) is 19.4 Å². The van der Waals surface area contributed by atoms with E-state index in [9.17, 15) is 8.42 Å². The fourth-order valence-corrected chi connectivity index (χ4v) is 4.71. The Labute approximate surface area is 143 Å². The Bertz CT molecular complexity index is 917. The van der Waals surface area contributed by atoms with E-state index in [0.717, 1.165) is 4.88 Å². The first kappa shape index (κ1) is 15.4. The summed E-state index contributed by atoms with van der Waals surface area (Å²) in [5.41, 5.74) is 0. The number of aromatic nitrogens is 3. The summed E-state index contributed by atoms with van der Waals surface area (Å²) in [5.74, 6) is 1.07. The van der Waals surface area contributed by atoms with Gasteiger partial charge in [-0.3, -0.25) is 4.98 Å². The predicted molar refractivity (Wildman–Crippen MR) is 87.2 cm³/mol. The summed E-state index contributed by atoms with van der Waals surface area (Å²) in [7, 11) is -3.49. The number of sulfonamides is 1. The molecule has 0 saturated carbocycles. The summed E-state index contributed by atoms with van der Waals surface area (Å²) in [6, 6.07) is 7.15. The molecular formula is C15H14N4O3S2. The molecule has 0 radical (unpaired) electrons. The molecule has 0 atom stereocenters. The number of thiophene rings is 1. The van der Waals surface area contributed by atoms with Crippen LogP contribution < -0.4 is 0 Å². The SMILES string of the molecule is O=S(=O)(c1cccnc1)N1CC(c2nc(Cc3cccs3)no2)C1. The van der Waals surface area contributed by atoms with Crippen LogP contribution in [0.4, 0.5) is 0 Å². The standard InChI is InChI=1S/C15H14N4O3S2/c20-24(21,13-4-1-5-16-8-13)19-9-11(10-19)15-17-14(18-22-15)7-12-3-2-6-23-12/h1-6,8,11H,7,9-10H2. The topological polar surface area (TPSA) is 89.2 Å². The largest absolute Gasteiger partial charge is 0.339 e. The molecule has 0 N–H and O–H groups in total. The molecule has 24 heavy (non-hydrogen) atoms. The van der Waals surface area contributed by atoms with Gasteiger partial charge >= 0.3 is 0 Å². The highest BCUT2D eigenvalue weighted by Gasteiger charge is 2.40. The van der Waals surface area contributed by atoms with Gasteiger partial charge < -0.3 is 4.52 Å². The van der Waals surface area contributed by atoms with E-state index in [4.69, 9.17) is 4.52 Å². The quantitative estimate of drug-likeness (QED) is 0.689. The third-order valence-electron chi connectivity index (χ3n) is 3.87. The first-order chi connectivity index (χ1) is 11.6. The molecule has 0 aliphatic carbocycles. The Kier molecular flexibility index (Phi) is 3.91. The fraction of sp³-hybridized carbons (Fsp3) is 0.267. The minimum absolute atomic E-state index is 0.0546. The first-order valence-electron chi connectivity index (χ1n) is 7.38. The summed E-state index contributed by atoms with van der Waals surface area (Å²) in [6.45, 7) is 0.690. The van der Waals surface area contributed by atoms with Crippen molar-refractivity contribution in [2.45, 2.75) is 17.2 Å². The van der Waals surface area contributed by atoms with Crippen molar-refractivity contribution < 1.29 is 12.9 Å². The molecule has 1 aliphatic rings.